The van der Waals surface area contributed by atoms with Crippen molar-refractivity contribution in [3.63, 3.8) is 0 Å². The minimum Gasteiger partial charge on any atom is -0.463 e. The van der Waals surface area contributed by atoms with Gasteiger partial charge >= 0.3 is 5.97 Å². The van der Waals surface area contributed by atoms with Gasteiger partial charge in [0.2, 0.25) is 0 Å². The Morgan fingerprint density at radius 2 is 0.650 bits per heavy atom. The summed E-state index contributed by atoms with van der Waals surface area (Å²) in [5.41, 5.74) is 0. The molecule has 0 amide bonds. The Labute approximate surface area is 245 Å². The van der Waals surface area contributed by atoms with E-state index in [0.29, 0.717) is 98.9 Å². The van der Waals surface area contributed by atoms with Crippen LogP contribution in [-0.4, -0.2) is 105 Å². The highest BCUT2D eigenvalue weighted by atomic mass is 16.6. The van der Waals surface area contributed by atoms with Crippen LogP contribution in [0.1, 0.15) is 97.3 Å². The van der Waals surface area contributed by atoms with Crippen LogP contribution < -0.4 is 0 Å². The molecular weight excluding hydrogens is 516 g/mol. The second-order valence-electron chi connectivity index (χ2n) is 9.79. The number of hydrogen-bond acceptors (Lipinski definition) is 9. The van der Waals surface area contributed by atoms with Crippen LogP contribution in [0.3, 0.4) is 0 Å². The lowest BCUT2D eigenvalue weighted by Gasteiger charge is -2.09. The van der Waals surface area contributed by atoms with E-state index in [1.807, 2.05) is 0 Å². The van der Waals surface area contributed by atoms with Crippen molar-refractivity contribution in [2.45, 2.75) is 97.3 Å². The molecule has 0 saturated heterocycles. The van der Waals surface area contributed by atoms with E-state index in [1.165, 1.54) is 57.8 Å². The third-order valence-electron chi connectivity index (χ3n) is 6.10. The Morgan fingerprint density at radius 3 is 1.05 bits per heavy atom. The van der Waals surface area contributed by atoms with Crippen molar-refractivity contribution >= 4 is 5.97 Å². The van der Waals surface area contributed by atoms with Gasteiger partial charge in [-0.25, -0.2) is 0 Å². The van der Waals surface area contributed by atoms with Crippen LogP contribution in [0.2, 0.25) is 0 Å². The smallest absolute Gasteiger partial charge is 0.305 e. The van der Waals surface area contributed by atoms with Crippen LogP contribution in [0.5, 0.6) is 0 Å². The van der Waals surface area contributed by atoms with Gasteiger partial charge in [0.1, 0.15) is 6.61 Å². The molecule has 0 N–H and O–H groups in total. The fraction of sp³-hybridized carbons (Fsp3) is 0.968. The molecular formula is C31H62O9. The molecule has 40 heavy (non-hydrogen) atoms. The van der Waals surface area contributed by atoms with Gasteiger partial charge in [0, 0.05) is 13.0 Å². The minimum atomic E-state index is -0.129. The van der Waals surface area contributed by atoms with Crippen LogP contribution in [-0.2, 0) is 42.7 Å². The van der Waals surface area contributed by atoms with Crippen molar-refractivity contribution in [3.05, 3.63) is 0 Å². The predicted molar refractivity (Wildman–Crippen MR) is 158 cm³/mol. The Bertz CT molecular complexity index is 480. The molecule has 0 aliphatic heterocycles. The van der Waals surface area contributed by atoms with E-state index in [4.69, 9.17) is 37.9 Å². The van der Waals surface area contributed by atoms with Crippen LogP contribution in [0.15, 0.2) is 0 Å². The first-order chi connectivity index (χ1) is 19.8. The van der Waals surface area contributed by atoms with E-state index in [2.05, 4.69) is 13.8 Å². The highest BCUT2D eigenvalue weighted by Crippen LogP contribution is 2.10. The second kappa shape index (κ2) is 36.2. The predicted octanol–water partition coefficient (Wildman–Crippen LogP) is 5.76. The van der Waals surface area contributed by atoms with Gasteiger partial charge in [-0.05, 0) is 12.8 Å². The van der Waals surface area contributed by atoms with Crippen LogP contribution >= 0.6 is 0 Å². The summed E-state index contributed by atoms with van der Waals surface area (Å²) < 4.78 is 43.4. The lowest BCUT2D eigenvalue weighted by Crippen LogP contribution is -2.15. The molecule has 240 valence electrons. The zero-order valence-electron chi connectivity index (χ0n) is 26.0. The fourth-order valence-corrected chi connectivity index (χ4v) is 3.74. The minimum absolute atomic E-state index is 0.129. The number of carbonyl (C=O) groups is 1. The molecule has 0 aromatic heterocycles. The molecule has 0 unspecified atom stereocenters. The SMILES string of the molecule is CCCCCCCCCCCC(=O)OCCOCCOCCOCCOCCOCCOCCOCCCCC. The summed E-state index contributed by atoms with van der Waals surface area (Å²) in [7, 11) is 0. The molecule has 9 nitrogen and oxygen atoms in total. The third kappa shape index (κ3) is 35.2. The van der Waals surface area contributed by atoms with Crippen molar-refractivity contribution in [2.24, 2.45) is 0 Å². The van der Waals surface area contributed by atoms with E-state index in [0.717, 1.165) is 25.9 Å². The van der Waals surface area contributed by atoms with E-state index >= 15 is 0 Å². The average Bonchev–Trinajstić information content (AvgIpc) is 2.96. The topological polar surface area (TPSA) is 90.9 Å². The second-order valence-corrected chi connectivity index (χ2v) is 9.79. The third-order valence-corrected chi connectivity index (χ3v) is 6.10. The molecule has 0 atom stereocenters. The van der Waals surface area contributed by atoms with Gasteiger partial charge in [-0.3, -0.25) is 4.79 Å². The first-order valence-corrected chi connectivity index (χ1v) is 16.0. The Hall–Kier alpha value is -0.810. The maximum absolute atomic E-state index is 11.7. The van der Waals surface area contributed by atoms with Gasteiger partial charge in [-0.1, -0.05) is 78.1 Å². The zero-order valence-corrected chi connectivity index (χ0v) is 26.0. The van der Waals surface area contributed by atoms with Crippen LogP contribution in [0.4, 0.5) is 0 Å². The zero-order chi connectivity index (χ0) is 29.0. The van der Waals surface area contributed by atoms with Gasteiger partial charge in [0.25, 0.3) is 0 Å². The first kappa shape index (κ1) is 39.2. The number of unbranched alkanes of at least 4 members (excludes halogenated alkanes) is 10. The Morgan fingerprint density at radius 1 is 0.350 bits per heavy atom. The van der Waals surface area contributed by atoms with Crippen molar-refractivity contribution in [1.29, 1.82) is 0 Å². The molecule has 0 aromatic rings. The lowest BCUT2D eigenvalue weighted by molar-refractivity contribution is -0.145. The normalized spacial score (nSPS) is 11.3. The number of carbonyl (C=O) groups excluding carboxylic acids is 1. The number of ether oxygens (including phenoxy) is 8. The van der Waals surface area contributed by atoms with Crippen molar-refractivity contribution in [2.75, 3.05) is 99.1 Å². The molecule has 0 aliphatic carbocycles. The van der Waals surface area contributed by atoms with E-state index < -0.39 is 0 Å². The average molecular weight is 579 g/mol. The maximum atomic E-state index is 11.7. The largest absolute Gasteiger partial charge is 0.463 e. The summed E-state index contributed by atoms with van der Waals surface area (Å²) in [5.74, 6) is -0.129. The molecule has 0 spiro atoms. The maximum Gasteiger partial charge on any atom is 0.305 e. The van der Waals surface area contributed by atoms with Crippen molar-refractivity contribution in [3.8, 4) is 0 Å². The summed E-state index contributed by atoms with van der Waals surface area (Å²) in [6, 6.07) is 0. The van der Waals surface area contributed by atoms with Gasteiger partial charge in [0.15, 0.2) is 0 Å². The van der Waals surface area contributed by atoms with Crippen LogP contribution in [0, 0.1) is 0 Å². The Kier molecular flexibility index (Phi) is 35.5. The number of esters is 1. The van der Waals surface area contributed by atoms with Gasteiger partial charge in [0.05, 0.1) is 85.9 Å². The monoisotopic (exact) mass is 578 g/mol. The van der Waals surface area contributed by atoms with Crippen LogP contribution in [0.25, 0.3) is 0 Å². The van der Waals surface area contributed by atoms with Gasteiger partial charge < -0.3 is 37.9 Å². The van der Waals surface area contributed by atoms with Gasteiger partial charge in [-0.2, -0.15) is 0 Å². The molecule has 0 saturated carbocycles. The number of rotatable bonds is 35. The van der Waals surface area contributed by atoms with E-state index in [9.17, 15) is 4.79 Å². The van der Waals surface area contributed by atoms with E-state index in [1.54, 1.807) is 0 Å². The van der Waals surface area contributed by atoms with Gasteiger partial charge in [-0.15, -0.1) is 0 Å². The molecule has 0 radical (unpaired) electrons. The standard InChI is InChI=1S/C31H62O9/c1-3-5-7-8-9-10-11-12-13-15-31(32)40-30-29-39-28-27-38-26-25-37-24-23-36-22-21-35-20-19-34-18-17-33-16-14-6-4-2/h3-30H2,1-2H3. The quantitative estimate of drug-likeness (QED) is 0.0688. The molecule has 0 aliphatic rings. The van der Waals surface area contributed by atoms with Crippen molar-refractivity contribution < 1.29 is 42.7 Å². The molecule has 0 aromatic carbocycles. The molecule has 9 heteroatoms. The highest BCUT2D eigenvalue weighted by molar-refractivity contribution is 5.69. The molecule has 0 rings (SSSR count). The van der Waals surface area contributed by atoms with E-state index in [-0.39, 0.29) is 5.97 Å². The summed E-state index contributed by atoms with van der Waals surface area (Å²) >= 11 is 0. The summed E-state index contributed by atoms with van der Waals surface area (Å²) in [6.45, 7) is 12.4. The first-order valence-electron chi connectivity index (χ1n) is 16.0. The summed E-state index contributed by atoms with van der Waals surface area (Å²) in [6.07, 6.45) is 15.2. The summed E-state index contributed by atoms with van der Waals surface area (Å²) in [4.78, 5) is 11.7. The highest BCUT2D eigenvalue weighted by Gasteiger charge is 2.02. The van der Waals surface area contributed by atoms with Crippen molar-refractivity contribution in [1.82, 2.24) is 0 Å². The fourth-order valence-electron chi connectivity index (χ4n) is 3.74. The molecule has 0 bridgehead atoms. The molecule has 0 fully saturated rings. The molecule has 0 heterocycles. The lowest BCUT2D eigenvalue weighted by atomic mass is 10.1. The number of hydrogen-bond donors (Lipinski definition) is 0. The summed E-state index contributed by atoms with van der Waals surface area (Å²) in [5, 5.41) is 0. The Balaban J connectivity index is 3.11.